The number of benzene rings is 3. The summed E-state index contributed by atoms with van der Waals surface area (Å²) in [6.07, 6.45) is 0. The second-order valence-electron chi connectivity index (χ2n) is 6.30. The first-order valence-electron chi connectivity index (χ1n) is 8.37. The minimum Gasteiger partial charge on any atom is -0.325 e. The normalized spacial score (nSPS) is 19.4. The van der Waals surface area contributed by atoms with Crippen molar-refractivity contribution in [1.29, 1.82) is 0 Å². The Morgan fingerprint density at radius 1 is 0.880 bits per heavy atom. The Morgan fingerprint density at radius 3 is 2.44 bits per heavy atom. The molecule has 4 rings (SSSR count). The van der Waals surface area contributed by atoms with Gasteiger partial charge in [0, 0.05) is 30.1 Å². The average Bonchev–Trinajstić information content (AvgIpc) is 3.13. The summed E-state index contributed by atoms with van der Waals surface area (Å²) >= 11 is 0. The third kappa shape index (κ3) is 3.53. The van der Waals surface area contributed by atoms with Crippen LogP contribution < -0.4 is 10.6 Å². The van der Waals surface area contributed by atoms with Crippen LogP contribution in [0.2, 0.25) is 0 Å². The van der Waals surface area contributed by atoms with Crippen molar-refractivity contribution in [3.63, 3.8) is 0 Å². The van der Waals surface area contributed by atoms with Gasteiger partial charge in [-0.05, 0) is 17.0 Å². The Labute approximate surface area is 153 Å². The molecular weight excluding hydrogens is 332 g/mol. The highest BCUT2D eigenvalue weighted by Crippen LogP contribution is 2.30. The highest BCUT2D eigenvalue weighted by Gasteiger charge is 2.33. The van der Waals surface area contributed by atoms with Gasteiger partial charge in [-0.15, -0.1) is 12.4 Å². The molecule has 1 aliphatic heterocycles. The predicted molar refractivity (Wildman–Crippen MR) is 105 cm³/mol. The van der Waals surface area contributed by atoms with E-state index in [-0.39, 0.29) is 30.2 Å². The zero-order valence-corrected chi connectivity index (χ0v) is 14.6. The Bertz CT molecular complexity index is 861. The maximum Gasteiger partial charge on any atom is 0.229 e. The highest BCUT2D eigenvalue weighted by atomic mass is 35.5. The number of hydrogen-bond donors (Lipinski definition) is 2. The third-order valence-electron chi connectivity index (χ3n) is 4.83. The molecule has 3 nitrogen and oxygen atoms in total. The summed E-state index contributed by atoms with van der Waals surface area (Å²) in [5.41, 5.74) is 2.11. The zero-order chi connectivity index (χ0) is 16.4. The summed E-state index contributed by atoms with van der Waals surface area (Å²) in [6, 6.07) is 24.4. The molecule has 128 valence electrons. The molecule has 1 aliphatic rings. The number of halogens is 1. The van der Waals surface area contributed by atoms with Crippen LogP contribution in [0.3, 0.4) is 0 Å². The first-order chi connectivity index (χ1) is 11.8. The minimum absolute atomic E-state index is 0. The molecule has 3 aromatic rings. The molecule has 0 aromatic heterocycles. The summed E-state index contributed by atoms with van der Waals surface area (Å²) in [7, 11) is 0. The van der Waals surface area contributed by atoms with E-state index in [4.69, 9.17) is 0 Å². The van der Waals surface area contributed by atoms with Gasteiger partial charge in [0.05, 0.1) is 5.92 Å². The van der Waals surface area contributed by atoms with Crippen LogP contribution in [-0.4, -0.2) is 19.0 Å². The standard InChI is InChI=1S/C21H20N2O.ClH/c24-21(19-14-22-13-18(19)16-7-2-1-3-8-16)23-20-12-6-10-15-9-4-5-11-17(15)20;/h1-12,18-19,22H,13-14H2,(H,23,24);1H/t18-,19+;/m0./s1. The molecule has 0 aliphatic carbocycles. The Balaban J connectivity index is 0.00000182. The maximum atomic E-state index is 12.9. The lowest BCUT2D eigenvalue weighted by atomic mass is 9.88. The number of rotatable bonds is 3. The van der Waals surface area contributed by atoms with E-state index < -0.39 is 0 Å². The van der Waals surface area contributed by atoms with Crippen molar-refractivity contribution in [2.75, 3.05) is 18.4 Å². The van der Waals surface area contributed by atoms with Gasteiger partial charge < -0.3 is 10.6 Å². The topological polar surface area (TPSA) is 41.1 Å². The molecule has 2 atom stereocenters. The number of fused-ring (bicyclic) bond motifs is 1. The van der Waals surface area contributed by atoms with Gasteiger partial charge in [-0.25, -0.2) is 0 Å². The van der Waals surface area contributed by atoms with Crippen molar-refractivity contribution in [2.24, 2.45) is 5.92 Å². The number of nitrogens with one attached hydrogen (secondary N) is 2. The monoisotopic (exact) mass is 352 g/mol. The van der Waals surface area contributed by atoms with Crippen LogP contribution in [0.4, 0.5) is 5.69 Å². The molecule has 0 bridgehead atoms. The zero-order valence-electron chi connectivity index (χ0n) is 13.8. The van der Waals surface area contributed by atoms with Crippen LogP contribution in [0.1, 0.15) is 11.5 Å². The van der Waals surface area contributed by atoms with Crippen LogP contribution in [0, 0.1) is 5.92 Å². The molecule has 1 saturated heterocycles. The van der Waals surface area contributed by atoms with Gasteiger partial charge in [0.15, 0.2) is 0 Å². The van der Waals surface area contributed by atoms with E-state index in [9.17, 15) is 4.79 Å². The molecule has 0 radical (unpaired) electrons. The van der Waals surface area contributed by atoms with E-state index in [2.05, 4.69) is 34.9 Å². The number of carbonyl (C=O) groups is 1. The molecule has 0 spiro atoms. The smallest absolute Gasteiger partial charge is 0.229 e. The fraction of sp³-hybridized carbons (Fsp3) is 0.190. The van der Waals surface area contributed by atoms with Gasteiger partial charge in [0.1, 0.15) is 0 Å². The lowest BCUT2D eigenvalue weighted by molar-refractivity contribution is -0.119. The number of carbonyl (C=O) groups excluding carboxylic acids is 1. The van der Waals surface area contributed by atoms with Crippen molar-refractivity contribution in [2.45, 2.75) is 5.92 Å². The fourth-order valence-electron chi connectivity index (χ4n) is 3.56. The molecule has 4 heteroatoms. The van der Waals surface area contributed by atoms with E-state index in [0.717, 1.165) is 29.5 Å². The number of anilines is 1. The Kier molecular flexibility index (Phi) is 5.37. The fourth-order valence-corrected chi connectivity index (χ4v) is 3.56. The van der Waals surface area contributed by atoms with E-state index in [0.29, 0.717) is 0 Å². The summed E-state index contributed by atoms with van der Waals surface area (Å²) in [5.74, 6) is 0.262. The van der Waals surface area contributed by atoms with Crippen LogP contribution >= 0.6 is 12.4 Å². The van der Waals surface area contributed by atoms with Crippen molar-refractivity contribution >= 4 is 34.8 Å². The maximum absolute atomic E-state index is 12.9. The Hall–Kier alpha value is -2.36. The van der Waals surface area contributed by atoms with Crippen molar-refractivity contribution < 1.29 is 4.79 Å². The first-order valence-corrected chi connectivity index (χ1v) is 8.37. The quantitative estimate of drug-likeness (QED) is 0.741. The van der Waals surface area contributed by atoms with Gasteiger partial charge >= 0.3 is 0 Å². The summed E-state index contributed by atoms with van der Waals surface area (Å²) in [6.45, 7) is 1.56. The Morgan fingerprint density at radius 2 is 1.60 bits per heavy atom. The minimum atomic E-state index is -0.0497. The third-order valence-corrected chi connectivity index (χ3v) is 4.83. The van der Waals surface area contributed by atoms with Crippen LogP contribution in [0.15, 0.2) is 72.8 Å². The largest absolute Gasteiger partial charge is 0.325 e. The SMILES string of the molecule is Cl.O=C(Nc1cccc2ccccc12)[C@@H]1CNC[C@H]1c1ccccc1. The van der Waals surface area contributed by atoms with Crippen LogP contribution in [-0.2, 0) is 4.79 Å². The molecule has 3 aromatic carbocycles. The van der Waals surface area contributed by atoms with E-state index in [1.165, 1.54) is 5.56 Å². The van der Waals surface area contributed by atoms with Crippen molar-refractivity contribution in [3.8, 4) is 0 Å². The number of amides is 1. The van der Waals surface area contributed by atoms with Gasteiger partial charge in [0.25, 0.3) is 0 Å². The van der Waals surface area contributed by atoms with Crippen LogP contribution in [0.25, 0.3) is 10.8 Å². The predicted octanol–water partition coefficient (Wildman–Crippen LogP) is 4.20. The second kappa shape index (κ2) is 7.68. The van der Waals surface area contributed by atoms with Gasteiger partial charge in [-0.3, -0.25) is 4.79 Å². The van der Waals surface area contributed by atoms with E-state index in [1.807, 2.05) is 48.5 Å². The molecule has 0 unspecified atom stereocenters. The lowest BCUT2D eigenvalue weighted by Gasteiger charge is -2.19. The average molecular weight is 353 g/mol. The van der Waals surface area contributed by atoms with Gasteiger partial charge in [-0.2, -0.15) is 0 Å². The van der Waals surface area contributed by atoms with E-state index >= 15 is 0 Å². The van der Waals surface area contributed by atoms with Crippen LogP contribution in [0.5, 0.6) is 0 Å². The number of hydrogen-bond acceptors (Lipinski definition) is 2. The molecule has 1 amide bonds. The first kappa shape index (κ1) is 17.5. The molecule has 1 fully saturated rings. The summed E-state index contributed by atoms with van der Waals surface area (Å²) in [4.78, 5) is 12.9. The lowest BCUT2D eigenvalue weighted by Crippen LogP contribution is -2.28. The molecule has 2 N–H and O–H groups in total. The summed E-state index contributed by atoms with van der Waals surface area (Å²) in [5, 5.41) is 8.73. The second-order valence-corrected chi connectivity index (χ2v) is 6.30. The van der Waals surface area contributed by atoms with Crippen molar-refractivity contribution in [3.05, 3.63) is 78.4 Å². The molecule has 25 heavy (non-hydrogen) atoms. The summed E-state index contributed by atoms with van der Waals surface area (Å²) < 4.78 is 0. The van der Waals surface area contributed by atoms with E-state index in [1.54, 1.807) is 0 Å². The van der Waals surface area contributed by atoms with Gasteiger partial charge in [0.2, 0.25) is 5.91 Å². The highest BCUT2D eigenvalue weighted by molar-refractivity contribution is 6.03. The molecule has 1 heterocycles. The molecule has 0 saturated carbocycles. The molecular formula is C21H21ClN2O. The van der Waals surface area contributed by atoms with Gasteiger partial charge in [-0.1, -0.05) is 66.7 Å². The van der Waals surface area contributed by atoms with Crippen molar-refractivity contribution in [1.82, 2.24) is 5.32 Å².